The minimum atomic E-state index is -0.949. The Labute approximate surface area is 111 Å². The number of allylic oxidation sites excluding steroid dienone is 2. The van der Waals surface area contributed by atoms with Gasteiger partial charge < -0.3 is 9.84 Å². The Hall–Kier alpha value is -2.55. The van der Waals surface area contributed by atoms with Gasteiger partial charge in [0, 0.05) is 6.08 Å². The summed E-state index contributed by atoms with van der Waals surface area (Å²) in [6, 6.07) is 11.9. The Morgan fingerprint density at radius 3 is 2.58 bits per heavy atom. The molecule has 3 heteroatoms. The van der Waals surface area contributed by atoms with Crippen LogP contribution in [0.5, 0.6) is 5.75 Å². The quantitative estimate of drug-likeness (QED) is 0.671. The van der Waals surface area contributed by atoms with Crippen molar-refractivity contribution in [3.63, 3.8) is 0 Å². The fourth-order valence-electron chi connectivity index (χ4n) is 1.78. The molecular formula is C16H14O3. The normalized spacial score (nSPS) is 11.4. The maximum Gasteiger partial charge on any atom is 0.328 e. The second-order valence-electron chi connectivity index (χ2n) is 4.03. The smallest absolute Gasteiger partial charge is 0.328 e. The second kappa shape index (κ2) is 5.87. The number of aliphatic carboxylic acids is 1. The number of hydrogen-bond acceptors (Lipinski definition) is 2. The van der Waals surface area contributed by atoms with Crippen LogP contribution in [0.15, 0.2) is 54.6 Å². The van der Waals surface area contributed by atoms with Crippen molar-refractivity contribution in [2.75, 3.05) is 7.11 Å². The number of rotatable bonds is 4. The molecule has 0 fully saturated rings. The fraction of sp³-hybridized carbons (Fsp3) is 0.0625. The molecule has 0 aliphatic heterocycles. The molecule has 2 rings (SSSR count). The summed E-state index contributed by atoms with van der Waals surface area (Å²) >= 11 is 0. The molecule has 0 aliphatic carbocycles. The molecule has 0 heterocycles. The van der Waals surface area contributed by atoms with Crippen LogP contribution < -0.4 is 4.74 Å². The van der Waals surface area contributed by atoms with Crippen molar-refractivity contribution in [1.82, 2.24) is 0 Å². The molecule has 19 heavy (non-hydrogen) atoms. The highest BCUT2D eigenvalue weighted by molar-refractivity contribution is 5.86. The van der Waals surface area contributed by atoms with Crippen LogP contribution >= 0.6 is 0 Å². The summed E-state index contributed by atoms with van der Waals surface area (Å²) in [5.41, 5.74) is 1.02. The topological polar surface area (TPSA) is 46.5 Å². The van der Waals surface area contributed by atoms with E-state index in [2.05, 4.69) is 0 Å². The molecule has 0 spiro atoms. The molecular weight excluding hydrogens is 240 g/mol. The molecule has 0 unspecified atom stereocenters. The van der Waals surface area contributed by atoms with E-state index in [9.17, 15) is 4.79 Å². The zero-order valence-electron chi connectivity index (χ0n) is 10.5. The summed E-state index contributed by atoms with van der Waals surface area (Å²) in [6.07, 6.45) is 6.17. The first-order chi connectivity index (χ1) is 9.19. The van der Waals surface area contributed by atoms with E-state index in [1.807, 2.05) is 42.5 Å². The van der Waals surface area contributed by atoms with Gasteiger partial charge in [-0.2, -0.15) is 0 Å². The summed E-state index contributed by atoms with van der Waals surface area (Å²) < 4.78 is 5.18. The van der Waals surface area contributed by atoms with E-state index in [1.165, 1.54) is 6.08 Å². The third-order valence-electron chi connectivity index (χ3n) is 2.71. The van der Waals surface area contributed by atoms with E-state index < -0.39 is 5.97 Å². The maximum atomic E-state index is 10.3. The third-order valence-corrected chi connectivity index (χ3v) is 2.71. The monoisotopic (exact) mass is 254 g/mol. The van der Waals surface area contributed by atoms with Gasteiger partial charge >= 0.3 is 5.97 Å². The minimum Gasteiger partial charge on any atom is -0.497 e. The molecule has 0 bridgehead atoms. The lowest BCUT2D eigenvalue weighted by Crippen LogP contribution is -1.84. The molecule has 0 saturated carbocycles. The highest BCUT2D eigenvalue weighted by atomic mass is 16.5. The molecule has 96 valence electrons. The van der Waals surface area contributed by atoms with Gasteiger partial charge in [-0.25, -0.2) is 4.79 Å². The Morgan fingerprint density at radius 2 is 1.84 bits per heavy atom. The number of methoxy groups -OCH3 is 1. The first-order valence-electron chi connectivity index (χ1n) is 5.84. The largest absolute Gasteiger partial charge is 0.497 e. The van der Waals surface area contributed by atoms with Crippen molar-refractivity contribution in [2.45, 2.75) is 0 Å². The van der Waals surface area contributed by atoms with Crippen LogP contribution in [0.25, 0.3) is 16.8 Å². The van der Waals surface area contributed by atoms with Crippen LogP contribution in [0.2, 0.25) is 0 Å². The van der Waals surface area contributed by atoms with Crippen LogP contribution in [0, 0.1) is 0 Å². The zero-order chi connectivity index (χ0) is 13.7. The Morgan fingerprint density at radius 1 is 1.11 bits per heavy atom. The van der Waals surface area contributed by atoms with Crippen molar-refractivity contribution >= 4 is 22.8 Å². The second-order valence-corrected chi connectivity index (χ2v) is 4.03. The number of fused-ring (bicyclic) bond motifs is 1. The third kappa shape index (κ3) is 3.45. The van der Waals surface area contributed by atoms with Crippen molar-refractivity contribution in [3.8, 4) is 5.75 Å². The van der Waals surface area contributed by atoms with Crippen molar-refractivity contribution in [2.24, 2.45) is 0 Å². The molecule has 3 nitrogen and oxygen atoms in total. The Balaban J connectivity index is 2.24. The fourth-order valence-corrected chi connectivity index (χ4v) is 1.78. The first kappa shape index (κ1) is 12.9. The van der Waals surface area contributed by atoms with Gasteiger partial charge in [-0.3, -0.25) is 0 Å². The Bertz CT molecular complexity index is 654. The molecule has 2 aromatic carbocycles. The number of carboxylic acids is 1. The van der Waals surface area contributed by atoms with Gasteiger partial charge in [0.15, 0.2) is 0 Å². The van der Waals surface area contributed by atoms with Crippen molar-refractivity contribution < 1.29 is 14.6 Å². The molecule has 0 atom stereocenters. The Kier molecular flexibility index (Phi) is 3.98. The summed E-state index contributed by atoms with van der Waals surface area (Å²) in [5, 5.41) is 10.7. The minimum absolute atomic E-state index is 0.834. The standard InChI is InChI=1S/C16H14O3/c1-19-15-9-8-13-10-12(6-7-14(13)11-15)4-2-3-5-16(17)18/h2-11H,1H3,(H,17,18)/b4-2+,5-3+. The average Bonchev–Trinajstić information content (AvgIpc) is 2.42. The van der Waals surface area contributed by atoms with Crippen LogP contribution in [-0.2, 0) is 4.79 Å². The molecule has 1 N–H and O–H groups in total. The maximum absolute atomic E-state index is 10.3. The van der Waals surface area contributed by atoms with Crippen molar-refractivity contribution in [1.29, 1.82) is 0 Å². The van der Waals surface area contributed by atoms with Gasteiger partial charge in [-0.1, -0.05) is 36.4 Å². The van der Waals surface area contributed by atoms with E-state index in [0.29, 0.717) is 0 Å². The van der Waals surface area contributed by atoms with Crippen LogP contribution in [0.1, 0.15) is 5.56 Å². The molecule has 0 radical (unpaired) electrons. The van der Waals surface area contributed by atoms with Crippen molar-refractivity contribution in [3.05, 3.63) is 60.2 Å². The lowest BCUT2D eigenvalue weighted by molar-refractivity contribution is -0.131. The van der Waals surface area contributed by atoms with Gasteiger partial charge in [0.05, 0.1) is 7.11 Å². The van der Waals surface area contributed by atoms with Gasteiger partial charge in [0.1, 0.15) is 5.75 Å². The molecule has 0 amide bonds. The van der Waals surface area contributed by atoms with Gasteiger partial charge in [-0.15, -0.1) is 0 Å². The average molecular weight is 254 g/mol. The SMILES string of the molecule is COc1ccc2cc(/C=C/C=C/C(=O)O)ccc2c1. The first-order valence-corrected chi connectivity index (χ1v) is 5.84. The number of carboxylic acid groups (broad SMARTS) is 1. The van der Waals surface area contributed by atoms with E-state index in [1.54, 1.807) is 13.2 Å². The predicted molar refractivity (Wildman–Crippen MR) is 76.3 cm³/mol. The summed E-state index contributed by atoms with van der Waals surface area (Å²) in [6.45, 7) is 0. The molecule has 0 aromatic heterocycles. The number of hydrogen-bond donors (Lipinski definition) is 1. The highest BCUT2D eigenvalue weighted by Crippen LogP contribution is 2.22. The lowest BCUT2D eigenvalue weighted by Gasteiger charge is -2.03. The van der Waals surface area contributed by atoms with E-state index >= 15 is 0 Å². The number of ether oxygens (including phenoxy) is 1. The molecule has 0 saturated heterocycles. The zero-order valence-corrected chi connectivity index (χ0v) is 10.5. The lowest BCUT2D eigenvalue weighted by atomic mass is 10.1. The summed E-state index contributed by atoms with van der Waals surface area (Å²) in [4.78, 5) is 10.3. The summed E-state index contributed by atoms with van der Waals surface area (Å²) in [7, 11) is 1.65. The number of carbonyl (C=O) groups is 1. The van der Waals surface area contributed by atoms with Gasteiger partial charge in [-0.05, 0) is 34.5 Å². The molecule has 0 aliphatic rings. The van der Waals surface area contributed by atoms with E-state index in [-0.39, 0.29) is 0 Å². The van der Waals surface area contributed by atoms with Gasteiger partial charge in [0.25, 0.3) is 0 Å². The van der Waals surface area contributed by atoms with Gasteiger partial charge in [0.2, 0.25) is 0 Å². The van der Waals surface area contributed by atoms with E-state index in [0.717, 1.165) is 28.2 Å². The van der Waals surface area contributed by atoms with E-state index in [4.69, 9.17) is 9.84 Å². The van der Waals surface area contributed by atoms with Crippen LogP contribution in [-0.4, -0.2) is 18.2 Å². The number of benzene rings is 2. The summed E-state index contributed by atoms with van der Waals surface area (Å²) in [5.74, 6) is -0.115. The van der Waals surface area contributed by atoms with Crippen LogP contribution in [0.4, 0.5) is 0 Å². The predicted octanol–water partition coefficient (Wildman–Crippen LogP) is 3.50. The highest BCUT2D eigenvalue weighted by Gasteiger charge is 1.96. The molecule has 2 aromatic rings. The van der Waals surface area contributed by atoms with Crippen LogP contribution in [0.3, 0.4) is 0 Å².